The summed E-state index contributed by atoms with van der Waals surface area (Å²) in [7, 11) is 0. The summed E-state index contributed by atoms with van der Waals surface area (Å²) in [4.78, 5) is 0. The molecule has 24 heavy (non-hydrogen) atoms. The maximum atomic E-state index is 14.0. The molecule has 2 aromatic rings. The van der Waals surface area contributed by atoms with Gasteiger partial charge in [0.25, 0.3) is 0 Å². The van der Waals surface area contributed by atoms with Crippen LogP contribution < -0.4 is 0 Å². The molecular weight excluding hydrogens is 406 g/mol. The molecule has 0 saturated carbocycles. The molecule has 130 valence electrons. The van der Waals surface area contributed by atoms with E-state index in [9.17, 15) is 17.6 Å². The quantitative estimate of drug-likeness (QED) is 0.394. The van der Waals surface area contributed by atoms with Gasteiger partial charge in [-0.15, -0.1) is 0 Å². The van der Waals surface area contributed by atoms with Crippen LogP contribution in [-0.4, -0.2) is 17.0 Å². The summed E-state index contributed by atoms with van der Waals surface area (Å²) >= 11 is 4.21. The van der Waals surface area contributed by atoms with Gasteiger partial charge in [0, 0.05) is 21.8 Å². The second kappa shape index (κ2) is 8.36. The highest BCUT2D eigenvalue weighted by molar-refractivity contribution is 9.10. The number of halogens is 5. The Hall–Kier alpha value is -1.05. The van der Waals surface area contributed by atoms with Crippen molar-refractivity contribution >= 4 is 27.9 Å². The SMILES string of the molecule is CC(SN(Cc1ccc(Br)cc1F)CC(F)(F)F)c1ccccc1. The van der Waals surface area contributed by atoms with Crippen LogP contribution in [0.3, 0.4) is 0 Å². The van der Waals surface area contributed by atoms with Gasteiger partial charge >= 0.3 is 6.18 Å². The fraction of sp³-hybridized carbons (Fsp3) is 0.294. The number of nitrogens with zero attached hydrogens (tertiary/aromatic N) is 1. The van der Waals surface area contributed by atoms with E-state index >= 15 is 0 Å². The third-order valence-corrected chi connectivity index (χ3v) is 4.93. The van der Waals surface area contributed by atoms with Gasteiger partial charge in [-0.25, -0.2) is 8.70 Å². The number of benzene rings is 2. The lowest BCUT2D eigenvalue weighted by Crippen LogP contribution is -2.29. The van der Waals surface area contributed by atoms with Crippen molar-refractivity contribution in [1.82, 2.24) is 4.31 Å². The first kappa shape index (κ1) is 19.3. The highest BCUT2D eigenvalue weighted by Gasteiger charge is 2.32. The van der Waals surface area contributed by atoms with Crippen LogP contribution in [0.25, 0.3) is 0 Å². The zero-order chi connectivity index (χ0) is 17.7. The van der Waals surface area contributed by atoms with Crippen molar-refractivity contribution in [3.8, 4) is 0 Å². The molecule has 0 N–H and O–H groups in total. The molecule has 0 spiro atoms. The highest BCUT2D eigenvalue weighted by Crippen LogP contribution is 2.34. The minimum absolute atomic E-state index is 0.125. The van der Waals surface area contributed by atoms with Gasteiger partial charge in [-0.1, -0.05) is 64.3 Å². The van der Waals surface area contributed by atoms with E-state index in [1.807, 2.05) is 37.3 Å². The molecular formula is C17H16BrF4NS. The van der Waals surface area contributed by atoms with Gasteiger partial charge in [0.2, 0.25) is 0 Å². The lowest BCUT2D eigenvalue weighted by molar-refractivity contribution is -0.135. The predicted molar refractivity (Wildman–Crippen MR) is 93.0 cm³/mol. The van der Waals surface area contributed by atoms with Crippen LogP contribution in [-0.2, 0) is 6.54 Å². The Bertz CT molecular complexity index is 663. The summed E-state index contributed by atoms with van der Waals surface area (Å²) < 4.78 is 54.3. The highest BCUT2D eigenvalue weighted by atomic mass is 79.9. The Balaban J connectivity index is 2.15. The maximum Gasteiger partial charge on any atom is 0.402 e. The number of rotatable bonds is 6. The van der Waals surface area contributed by atoms with Gasteiger partial charge in [-0.05, 0) is 24.6 Å². The number of alkyl halides is 3. The fourth-order valence-electron chi connectivity index (χ4n) is 2.18. The van der Waals surface area contributed by atoms with Gasteiger partial charge in [-0.2, -0.15) is 13.2 Å². The number of hydrogen-bond donors (Lipinski definition) is 0. The van der Waals surface area contributed by atoms with Crippen molar-refractivity contribution in [1.29, 1.82) is 0 Å². The summed E-state index contributed by atoms with van der Waals surface area (Å²) in [5.74, 6) is -0.524. The molecule has 1 nitrogen and oxygen atoms in total. The Morgan fingerprint density at radius 2 is 1.79 bits per heavy atom. The molecule has 1 unspecified atom stereocenters. The van der Waals surface area contributed by atoms with E-state index in [0.29, 0.717) is 4.47 Å². The summed E-state index contributed by atoms with van der Waals surface area (Å²) in [5, 5.41) is -0.174. The molecule has 0 aliphatic carbocycles. The molecule has 2 aromatic carbocycles. The average molecular weight is 422 g/mol. The molecule has 0 fully saturated rings. The molecule has 0 aliphatic rings. The lowest BCUT2D eigenvalue weighted by Gasteiger charge is -2.26. The zero-order valence-electron chi connectivity index (χ0n) is 12.9. The third kappa shape index (κ3) is 6.11. The van der Waals surface area contributed by atoms with Crippen LogP contribution in [0.1, 0.15) is 23.3 Å². The van der Waals surface area contributed by atoms with E-state index in [1.165, 1.54) is 12.1 Å². The van der Waals surface area contributed by atoms with E-state index in [2.05, 4.69) is 15.9 Å². The second-order valence-corrected chi connectivity index (χ2v) is 7.66. The molecule has 0 radical (unpaired) electrons. The molecule has 0 heterocycles. The molecule has 7 heteroatoms. The van der Waals surface area contributed by atoms with Crippen LogP contribution in [0.5, 0.6) is 0 Å². The van der Waals surface area contributed by atoms with Crippen LogP contribution in [0, 0.1) is 5.82 Å². The minimum atomic E-state index is -4.35. The first-order chi connectivity index (χ1) is 11.2. The van der Waals surface area contributed by atoms with Crippen molar-refractivity contribution in [3.05, 3.63) is 69.9 Å². The number of hydrogen-bond acceptors (Lipinski definition) is 2. The smallest absolute Gasteiger partial charge is 0.236 e. The van der Waals surface area contributed by atoms with Crippen LogP contribution in [0.4, 0.5) is 17.6 Å². The van der Waals surface area contributed by atoms with Crippen molar-refractivity contribution in [2.24, 2.45) is 0 Å². The van der Waals surface area contributed by atoms with Crippen molar-refractivity contribution in [3.63, 3.8) is 0 Å². The largest absolute Gasteiger partial charge is 0.402 e. The predicted octanol–water partition coefficient (Wildman–Crippen LogP) is 6.36. The Kier molecular flexibility index (Phi) is 6.71. The maximum absolute atomic E-state index is 14.0. The first-order valence-corrected chi connectivity index (χ1v) is 8.85. The molecule has 0 saturated heterocycles. The second-order valence-electron chi connectivity index (χ2n) is 5.31. The van der Waals surface area contributed by atoms with E-state index in [4.69, 9.17) is 0 Å². The van der Waals surface area contributed by atoms with Crippen molar-refractivity contribution in [2.75, 3.05) is 6.54 Å². The zero-order valence-corrected chi connectivity index (χ0v) is 15.3. The van der Waals surface area contributed by atoms with E-state index < -0.39 is 18.5 Å². The molecule has 0 aromatic heterocycles. The van der Waals surface area contributed by atoms with Gasteiger partial charge in [0.1, 0.15) is 12.4 Å². The monoisotopic (exact) mass is 421 g/mol. The van der Waals surface area contributed by atoms with Crippen molar-refractivity contribution < 1.29 is 17.6 Å². The van der Waals surface area contributed by atoms with Crippen LogP contribution >= 0.6 is 27.9 Å². The molecule has 2 rings (SSSR count). The van der Waals surface area contributed by atoms with Gasteiger partial charge < -0.3 is 0 Å². The topological polar surface area (TPSA) is 3.24 Å². The third-order valence-electron chi connectivity index (χ3n) is 3.29. The Morgan fingerprint density at radius 3 is 2.38 bits per heavy atom. The first-order valence-electron chi connectivity index (χ1n) is 7.22. The summed E-state index contributed by atoms with van der Waals surface area (Å²) in [6.07, 6.45) is -4.35. The normalized spacial score (nSPS) is 13.3. The molecule has 1 atom stereocenters. The van der Waals surface area contributed by atoms with Gasteiger partial charge in [0.15, 0.2) is 0 Å². The van der Waals surface area contributed by atoms with Crippen LogP contribution in [0.15, 0.2) is 53.0 Å². The Morgan fingerprint density at radius 1 is 1.12 bits per heavy atom. The summed E-state index contributed by atoms with van der Waals surface area (Å²) in [6, 6.07) is 13.6. The molecule has 0 aliphatic heterocycles. The van der Waals surface area contributed by atoms with E-state index in [1.54, 1.807) is 6.07 Å². The van der Waals surface area contributed by atoms with Gasteiger partial charge in [-0.3, -0.25) is 0 Å². The summed E-state index contributed by atoms with van der Waals surface area (Å²) in [5.41, 5.74) is 1.15. The fourth-order valence-corrected chi connectivity index (χ4v) is 3.67. The summed E-state index contributed by atoms with van der Waals surface area (Å²) in [6.45, 7) is 0.603. The van der Waals surface area contributed by atoms with Crippen LogP contribution in [0.2, 0.25) is 0 Å². The average Bonchev–Trinajstić information content (AvgIpc) is 2.49. The minimum Gasteiger partial charge on any atom is -0.236 e. The molecule has 0 amide bonds. The van der Waals surface area contributed by atoms with E-state index in [0.717, 1.165) is 21.8 Å². The van der Waals surface area contributed by atoms with Gasteiger partial charge in [0.05, 0.1) is 0 Å². The Labute approximate surface area is 151 Å². The molecule has 0 bridgehead atoms. The lowest BCUT2D eigenvalue weighted by atomic mass is 10.2. The van der Waals surface area contributed by atoms with Crippen molar-refractivity contribution in [2.45, 2.75) is 24.9 Å². The standard InChI is InChI=1S/C17H16BrF4NS/c1-12(13-5-3-2-4-6-13)24-23(11-17(20,21)22)10-14-7-8-15(18)9-16(14)19/h2-9,12H,10-11H2,1H3. The van der Waals surface area contributed by atoms with E-state index in [-0.39, 0.29) is 17.4 Å².